The maximum atomic E-state index is 12.8. The van der Waals surface area contributed by atoms with E-state index in [0.717, 1.165) is 6.08 Å². The number of fused-ring (bicyclic) bond motifs is 3. The van der Waals surface area contributed by atoms with Crippen LogP contribution in [0.25, 0.3) is 6.08 Å². The monoisotopic (exact) mass is 670 g/mol. The van der Waals surface area contributed by atoms with Gasteiger partial charge in [-0.3, -0.25) is 0 Å². The van der Waals surface area contributed by atoms with E-state index in [0.29, 0.717) is 5.56 Å². The van der Waals surface area contributed by atoms with Crippen molar-refractivity contribution in [2.45, 2.75) is 92.4 Å². The number of hydrogen-bond acceptors (Lipinski definition) is 17. The van der Waals surface area contributed by atoms with Gasteiger partial charge in [-0.25, -0.2) is 4.79 Å². The van der Waals surface area contributed by atoms with E-state index in [1.165, 1.54) is 37.5 Å². The summed E-state index contributed by atoms with van der Waals surface area (Å²) in [6.07, 6.45) is -12.5. The van der Waals surface area contributed by atoms with Crippen LogP contribution in [0.4, 0.5) is 0 Å². The molecule has 17 heteroatoms. The van der Waals surface area contributed by atoms with Gasteiger partial charge in [0.2, 0.25) is 6.29 Å². The van der Waals surface area contributed by atoms with Crippen molar-refractivity contribution in [3.63, 3.8) is 0 Å². The van der Waals surface area contributed by atoms with Crippen molar-refractivity contribution in [3.05, 3.63) is 42.2 Å². The lowest BCUT2D eigenvalue weighted by atomic mass is 9.85. The molecule has 1 saturated carbocycles. The number of aromatic hydroxyl groups is 2. The molecule has 0 amide bonds. The third-order valence-corrected chi connectivity index (χ3v) is 9.34. The summed E-state index contributed by atoms with van der Waals surface area (Å²) in [5.74, 6) is -3.09. The average molecular weight is 671 g/mol. The van der Waals surface area contributed by atoms with Crippen LogP contribution in [-0.4, -0.2) is 151 Å². The van der Waals surface area contributed by atoms with E-state index in [4.69, 9.17) is 33.2 Å². The molecule has 0 bridgehead atoms. The fourth-order valence-electron chi connectivity index (χ4n) is 6.68. The van der Waals surface area contributed by atoms with Gasteiger partial charge >= 0.3 is 5.97 Å². The van der Waals surface area contributed by atoms with Gasteiger partial charge in [0.05, 0.1) is 37.6 Å². The van der Waals surface area contributed by atoms with E-state index >= 15 is 0 Å². The van der Waals surface area contributed by atoms with Gasteiger partial charge in [0.15, 0.2) is 30.2 Å². The third-order valence-electron chi connectivity index (χ3n) is 9.34. The minimum atomic E-state index is -1.72. The maximum Gasteiger partial charge on any atom is 0.331 e. The third kappa shape index (κ3) is 6.11. The van der Waals surface area contributed by atoms with Gasteiger partial charge < -0.3 is 79.1 Å². The summed E-state index contributed by atoms with van der Waals surface area (Å²) >= 11 is 0. The van der Waals surface area contributed by atoms with Crippen molar-refractivity contribution in [2.24, 2.45) is 11.8 Å². The fraction of sp³-hybridized carbons (Fsp3) is 0.633. The molecule has 0 unspecified atom stereocenters. The molecule has 9 N–H and O–H groups in total. The van der Waals surface area contributed by atoms with Crippen molar-refractivity contribution in [2.75, 3.05) is 13.2 Å². The second-order valence-corrected chi connectivity index (χ2v) is 12.2. The largest absolute Gasteiger partial charge is 0.504 e. The number of benzene rings is 1. The van der Waals surface area contributed by atoms with Crippen LogP contribution in [0.3, 0.4) is 0 Å². The highest BCUT2D eigenvalue weighted by atomic mass is 16.8. The Labute approximate surface area is 267 Å². The molecule has 260 valence electrons. The molecule has 17 nitrogen and oxygen atoms in total. The molecule has 4 fully saturated rings. The average Bonchev–Trinajstić information content (AvgIpc) is 3.73. The molecule has 0 aromatic heterocycles. The summed E-state index contributed by atoms with van der Waals surface area (Å²) in [6.45, 7) is 0.303. The van der Waals surface area contributed by atoms with Crippen LogP contribution in [-0.2, 0) is 38.0 Å². The standard InChI is InChI=1S/C30H38O17/c1-11-19(36)22(39)25(44-17(35)5-3-12-2-4-14(33)15(34)8-12)29(42-11)45-24-13-6-7-41-27(18(13)30(10-32)26(24)47-30)46-28-23(40)21(38)20(37)16(9-31)43-28/h2-8,11,13,16,18-29,31-34,36-40H,9-10H2,1H3/b5-3+/t11-,13+,16+,18+,19-,20+,21-,22+,23+,24-,25+,26-,27-,28-,29-,30+/m0/s1. The van der Waals surface area contributed by atoms with Gasteiger partial charge in [-0.05, 0) is 36.8 Å². The Bertz CT molecular complexity index is 1350. The molecule has 1 aromatic rings. The second kappa shape index (κ2) is 13.2. The number of rotatable bonds is 9. The summed E-state index contributed by atoms with van der Waals surface area (Å²) in [4.78, 5) is 12.8. The topological polar surface area (TPSA) is 267 Å². The van der Waals surface area contributed by atoms with E-state index in [1.54, 1.807) is 6.08 Å². The second-order valence-electron chi connectivity index (χ2n) is 12.2. The smallest absolute Gasteiger partial charge is 0.331 e. The SMILES string of the molecule is C[C@@H]1O[C@@H](O[C@H]2[C@@H]3C=CO[C@@H](O[C@@H]4O[C@H](CO)[C@@H](O)[C@H](O)[C@H]4O)[C@@H]3[C@@]3(CO)O[C@@H]23)[C@H](OC(=O)/C=C/c2ccc(O)c(O)c2)[C@H](O)[C@H]1O. The van der Waals surface area contributed by atoms with Crippen LogP contribution in [0, 0.1) is 11.8 Å². The first-order chi connectivity index (χ1) is 22.4. The summed E-state index contributed by atoms with van der Waals surface area (Å²) < 4.78 is 40.5. The number of phenols is 2. The van der Waals surface area contributed by atoms with Crippen LogP contribution in [0.5, 0.6) is 11.5 Å². The molecule has 0 spiro atoms. The number of aliphatic hydroxyl groups excluding tert-OH is 7. The van der Waals surface area contributed by atoms with Crippen molar-refractivity contribution in [1.29, 1.82) is 0 Å². The summed E-state index contributed by atoms with van der Waals surface area (Å²) in [5, 5.41) is 91.4. The number of ether oxygens (including phenoxy) is 7. The minimum Gasteiger partial charge on any atom is -0.504 e. The molecule has 47 heavy (non-hydrogen) atoms. The molecule has 0 radical (unpaired) electrons. The van der Waals surface area contributed by atoms with Gasteiger partial charge in [0, 0.05) is 12.0 Å². The van der Waals surface area contributed by atoms with Crippen molar-refractivity contribution in [1.82, 2.24) is 0 Å². The number of aliphatic hydroxyl groups is 7. The van der Waals surface area contributed by atoms with E-state index in [2.05, 4.69) is 0 Å². The van der Waals surface area contributed by atoms with E-state index in [-0.39, 0.29) is 5.75 Å². The number of carbonyl (C=O) groups excluding carboxylic acids is 1. The van der Waals surface area contributed by atoms with Gasteiger partial charge in [-0.1, -0.05) is 6.07 Å². The van der Waals surface area contributed by atoms with Crippen molar-refractivity contribution >= 4 is 12.0 Å². The zero-order valence-electron chi connectivity index (χ0n) is 24.9. The molecular formula is C30H38O17. The molecule has 1 aliphatic carbocycles. The Balaban J connectivity index is 1.19. The first kappa shape index (κ1) is 34.0. The molecule has 16 atom stereocenters. The Morgan fingerprint density at radius 1 is 0.894 bits per heavy atom. The minimum absolute atomic E-state index is 0.347. The molecular weight excluding hydrogens is 632 g/mol. The fourth-order valence-corrected chi connectivity index (χ4v) is 6.68. The highest BCUT2D eigenvalue weighted by Gasteiger charge is 2.77. The van der Waals surface area contributed by atoms with Crippen LogP contribution in [0.15, 0.2) is 36.6 Å². The Kier molecular flexibility index (Phi) is 9.53. The van der Waals surface area contributed by atoms with Gasteiger partial charge in [0.1, 0.15) is 48.3 Å². The lowest BCUT2D eigenvalue weighted by Crippen LogP contribution is -2.61. The first-order valence-corrected chi connectivity index (χ1v) is 15.0. The van der Waals surface area contributed by atoms with Crippen LogP contribution >= 0.6 is 0 Å². The normalized spacial score (nSPS) is 45.7. The summed E-state index contributed by atoms with van der Waals surface area (Å²) in [6, 6.07) is 3.88. The van der Waals surface area contributed by atoms with E-state index in [1.807, 2.05) is 0 Å². The predicted molar refractivity (Wildman–Crippen MR) is 150 cm³/mol. The molecule has 4 heterocycles. The molecule has 1 aromatic carbocycles. The summed E-state index contributed by atoms with van der Waals surface area (Å²) in [7, 11) is 0. The van der Waals surface area contributed by atoms with Gasteiger partial charge in [0.25, 0.3) is 0 Å². The Morgan fingerprint density at radius 2 is 1.66 bits per heavy atom. The van der Waals surface area contributed by atoms with Crippen molar-refractivity contribution < 1.29 is 83.9 Å². The zero-order chi connectivity index (χ0) is 33.8. The van der Waals surface area contributed by atoms with Gasteiger partial charge in [-0.15, -0.1) is 0 Å². The van der Waals surface area contributed by atoms with E-state index < -0.39 is 122 Å². The lowest BCUT2D eigenvalue weighted by Gasteiger charge is -2.44. The zero-order valence-corrected chi connectivity index (χ0v) is 24.9. The molecule has 6 rings (SSSR count). The van der Waals surface area contributed by atoms with Crippen molar-refractivity contribution in [3.8, 4) is 11.5 Å². The maximum absolute atomic E-state index is 12.8. The molecule has 3 saturated heterocycles. The number of hydrogen-bond donors (Lipinski definition) is 9. The van der Waals surface area contributed by atoms with Crippen LogP contribution in [0.1, 0.15) is 12.5 Å². The summed E-state index contributed by atoms with van der Waals surface area (Å²) in [5.41, 5.74) is -0.906. The van der Waals surface area contributed by atoms with Gasteiger partial charge in [-0.2, -0.15) is 0 Å². The molecule has 4 aliphatic heterocycles. The Hall–Kier alpha value is -2.91. The quantitative estimate of drug-likeness (QED) is 0.0546. The predicted octanol–water partition coefficient (Wildman–Crippen LogP) is -3.06. The highest BCUT2D eigenvalue weighted by molar-refractivity contribution is 5.87. The van der Waals surface area contributed by atoms with Crippen LogP contribution in [0.2, 0.25) is 0 Å². The van der Waals surface area contributed by atoms with E-state index in [9.17, 15) is 50.8 Å². The number of phenolic OH excluding ortho intramolecular Hbond substituents is 2. The molecule has 5 aliphatic rings. The number of carbonyl (C=O) groups is 1. The van der Waals surface area contributed by atoms with Crippen LogP contribution < -0.4 is 0 Å². The number of epoxide rings is 1. The highest BCUT2D eigenvalue weighted by Crippen LogP contribution is 2.61. The number of esters is 1. The lowest BCUT2D eigenvalue weighted by molar-refractivity contribution is -0.347. The Morgan fingerprint density at radius 3 is 2.36 bits per heavy atom. The first-order valence-electron chi connectivity index (χ1n) is 15.0.